The summed E-state index contributed by atoms with van der Waals surface area (Å²) in [5, 5.41) is 0. The fraction of sp³-hybridized carbons (Fsp3) is 0.944. The van der Waals surface area contributed by atoms with Crippen LogP contribution in [0.3, 0.4) is 0 Å². The van der Waals surface area contributed by atoms with Crippen LogP contribution < -0.4 is 0 Å². The minimum absolute atomic E-state index is 0.00872. The van der Waals surface area contributed by atoms with E-state index in [2.05, 4.69) is 6.92 Å². The standard InChI is InChI=1S/C18H36O3/c1-3-4-5-6-9-12-15-18(19)21-17-14-11-8-7-10-13-16-20-2/h3-17H2,1-2H3. The molecule has 0 bridgehead atoms. The number of hydrogen-bond acceptors (Lipinski definition) is 3. The van der Waals surface area contributed by atoms with E-state index in [1.54, 1.807) is 7.11 Å². The van der Waals surface area contributed by atoms with Crippen LogP contribution in [0.5, 0.6) is 0 Å². The zero-order chi connectivity index (χ0) is 15.6. The maximum absolute atomic E-state index is 11.5. The Bertz CT molecular complexity index is 217. The van der Waals surface area contributed by atoms with E-state index in [1.807, 2.05) is 0 Å². The van der Waals surface area contributed by atoms with Gasteiger partial charge in [0.1, 0.15) is 0 Å². The van der Waals surface area contributed by atoms with Gasteiger partial charge in [0.25, 0.3) is 0 Å². The second-order valence-electron chi connectivity index (χ2n) is 5.85. The number of methoxy groups -OCH3 is 1. The zero-order valence-electron chi connectivity index (χ0n) is 14.3. The molecule has 0 spiro atoms. The average Bonchev–Trinajstić information content (AvgIpc) is 2.49. The number of rotatable bonds is 16. The van der Waals surface area contributed by atoms with Gasteiger partial charge in [-0.15, -0.1) is 0 Å². The summed E-state index contributed by atoms with van der Waals surface area (Å²) in [6.07, 6.45) is 15.0. The number of unbranched alkanes of at least 4 members (excludes halogenated alkanes) is 10. The lowest BCUT2D eigenvalue weighted by Crippen LogP contribution is -2.05. The van der Waals surface area contributed by atoms with Crippen molar-refractivity contribution in [2.75, 3.05) is 20.3 Å². The summed E-state index contributed by atoms with van der Waals surface area (Å²) < 4.78 is 10.3. The van der Waals surface area contributed by atoms with Crippen molar-refractivity contribution >= 4 is 5.97 Å². The normalized spacial score (nSPS) is 10.8. The molecule has 0 heterocycles. The average molecular weight is 300 g/mol. The molecule has 0 aliphatic heterocycles. The molecule has 126 valence electrons. The van der Waals surface area contributed by atoms with Gasteiger partial charge in [-0.05, 0) is 19.3 Å². The minimum Gasteiger partial charge on any atom is -0.466 e. The molecule has 21 heavy (non-hydrogen) atoms. The first-order valence-electron chi connectivity index (χ1n) is 8.95. The number of carbonyl (C=O) groups is 1. The zero-order valence-corrected chi connectivity index (χ0v) is 14.3. The fourth-order valence-electron chi connectivity index (χ4n) is 2.36. The molecule has 0 N–H and O–H groups in total. The van der Waals surface area contributed by atoms with Gasteiger partial charge in [0.15, 0.2) is 0 Å². The number of ether oxygens (including phenoxy) is 2. The second-order valence-corrected chi connectivity index (χ2v) is 5.85. The number of hydrogen-bond donors (Lipinski definition) is 0. The molecule has 0 saturated heterocycles. The van der Waals surface area contributed by atoms with Gasteiger partial charge in [-0.1, -0.05) is 64.7 Å². The van der Waals surface area contributed by atoms with Crippen molar-refractivity contribution in [1.82, 2.24) is 0 Å². The van der Waals surface area contributed by atoms with Crippen LogP contribution in [0.25, 0.3) is 0 Å². The van der Waals surface area contributed by atoms with E-state index in [1.165, 1.54) is 44.9 Å². The summed E-state index contributed by atoms with van der Waals surface area (Å²) in [4.78, 5) is 11.5. The molecule has 0 radical (unpaired) electrons. The lowest BCUT2D eigenvalue weighted by molar-refractivity contribution is -0.143. The topological polar surface area (TPSA) is 35.5 Å². The van der Waals surface area contributed by atoms with Gasteiger partial charge in [-0.25, -0.2) is 0 Å². The highest BCUT2D eigenvalue weighted by atomic mass is 16.5. The largest absolute Gasteiger partial charge is 0.466 e. The van der Waals surface area contributed by atoms with Gasteiger partial charge in [0.2, 0.25) is 0 Å². The van der Waals surface area contributed by atoms with Crippen molar-refractivity contribution in [2.45, 2.75) is 90.4 Å². The third-order valence-electron chi connectivity index (χ3n) is 3.74. The van der Waals surface area contributed by atoms with E-state index >= 15 is 0 Å². The molecular formula is C18H36O3. The van der Waals surface area contributed by atoms with Crippen LogP contribution in [0, 0.1) is 0 Å². The van der Waals surface area contributed by atoms with Crippen molar-refractivity contribution < 1.29 is 14.3 Å². The highest BCUT2D eigenvalue weighted by Crippen LogP contribution is 2.08. The maximum Gasteiger partial charge on any atom is 0.305 e. The number of carbonyl (C=O) groups excluding carboxylic acids is 1. The summed E-state index contributed by atoms with van der Waals surface area (Å²) >= 11 is 0. The molecule has 0 aromatic heterocycles. The van der Waals surface area contributed by atoms with Crippen LogP contribution in [-0.4, -0.2) is 26.3 Å². The van der Waals surface area contributed by atoms with Crippen LogP contribution in [0.1, 0.15) is 90.4 Å². The van der Waals surface area contributed by atoms with Gasteiger partial charge in [0.05, 0.1) is 6.61 Å². The Labute approximate surface area is 131 Å². The van der Waals surface area contributed by atoms with E-state index in [4.69, 9.17) is 9.47 Å². The highest BCUT2D eigenvalue weighted by Gasteiger charge is 2.02. The second kappa shape index (κ2) is 17.5. The molecule has 3 nitrogen and oxygen atoms in total. The van der Waals surface area contributed by atoms with Gasteiger partial charge in [0, 0.05) is 20.1 Å². The Morgan fingerprint density at radius 2 is 1.24 bits per heavy atom. The molecule has 0 saturated carbocycles. The van der Waals surface area contributed by atoms with Crippen LogP contribution in [0.4, 0.5) is 0 Å². The molecule has 0 aromatic carbocycles. The monoisotopic (exact) mass is 300 g/mol. The van der Waals surface area contributed by atoms with Gasteiger partial charge in [-0.2, -0.15) is 0 Å². The van der Waals surface area contributed by atoms with Crippen LogP contribution >= 0.6 is 0 Å². The minimum atomic E-state index is -0.00872. The summed E-state index contributed by atoms with van der Waals surface area (Å²) in [6.45, 7) is 3.69. The van der Waals surface area contributed by atoms with E-state index in [9.17, 15) is 4.79 Å². The van der Waals surface area contributed by atoms with Crippen LogP contribution in [-0.2, 0) is 14.3 Å². The smallest absolute Gasteiger partial charge is 0.305 e. The van der Waals surface area contributed by atoms with Gasteiger partial charge in [-0.3, -0.25) is 4.79 Å². The van der Waals surface area contributed by atoms with Crippen molar-refractivity contribution in [3.8, 4) is 0 Å². The van der Waals surface area contributed by atoms with E-state index in [0.717, 1.165) is 38.7 Å². The SMILES string of the molecule is CCCCCCCCC(=O)OCCCCCCCCOC. The number of esters is 1. The molecule has 0 aromatic rings. The quantitative estimate of drug-likeness (QED) is 0.288. The Morgan fingerprint density at radius 3 is 1.86 bits per heavy atom. The Hall–Kier alpha value is -0.570. The first-order valence-corrected chi connectivity index (χ1v) is 8.95. The summed E-state index contributed by atoms with van der Waals surface area (Å²) in [7, 11) is 1.75. The Balaban J connectivity index is 3.12. The molecule has 0 rings (SSSR count). The molecule has 3 heteroatoms. The molecule has 0 amide bonds. The molecular weight excluding hydrogens is 264 g/mol. The Morgan fingerprint density at radius 1 is 0.714 bits per heavy atom. The van der Waals surface area contributed by atoms with Crippen LogP contribution in [0.2, 0.25) is 0 Å². The molecule has 0 fully saturated rings. The van der Waals surface area contributed by atoms with Crippen LogP contribution in [0.15, 0.2) is 0 Å². The van der Waals surface area contributed by atoms with Crippen molar-refractivity contribution in [3.63, 3.8) is 0 Å². The van der Waals surface area contributed by atoms with E-state index < -0.39 is 0 Å². The van der Waals surface area contributed by atoms with E-state index in [-0.39, 0.29) is 5.97 Å². The fourth-order valence-corrected chi connectivity index (χ4v) is 2.36. The summed E-state index contributed by atoms with van der Waals surface area (Å²) in [5.41, 5.74) is 0. The highest BCUT2D eigenvalue weighted by molar-refractivity contribution is 5.69. The third-order valence-corrected chi connectivity index (χ3v) is 3.74. The lowest BCUT2D eigenvalue weighted by atomic mass is 10.1. The van der Waals surface area contributed by atoms with Crippen molar-refractivity contribution in [2.24, 2.45) is 0 Å². The first kappa shape index (κ1) is 20.4. The maximum atomic E-state index is 11.5. The predicted octanol–water partition coefficient (Wildman–Crippen LogP) is 5.27. The predicted molar refractivity (Wildman–Crippen MR) is 88.5 cm³/mol. The molecule has 0 atom stereocenters. The third kappa shape index (κ3) is 17.4. The van der Waals surface area contributed by atoms with E-state index in [0.29, 0.717) is 13.0 Å². The molecule has 0 aliphatic carbocycles. The summed E-state index contributed by atoms with van der Waals surface area (Å²) in [5.74, 6) is -0.00872. The molecule has 0 unspecified atom stereocenters. The van der Waals surface area contributed by atoms with Crippen molar-refractivity contribution in [3.05, 3.63) is 0 Å². The van der Waals surface area contributed by atoms with Gasteiger partial charge < -0.3 is 9.47 Å². The molecule has 0 aliphatic rings. The lowest BCUT2D eigenvalue weighted by Gasteiger charge is -2.05. The van der Waals surface area contributed by atoms with Crippen molar-refractivity contribution in [1.29, 1.82) is 0 Å². The first-order chi connectivity index (χ1) is 10.3. The Kier molecular flexibility index (Phi) is 17.0. The van der Waals surface area contributed by atoms with Gasteiger partial charge >= 0.3 is 5.97 Å². The summed E-state index contributed by atoms with van der Waals surface area (Å²) in [6, 6.07) is 0.